The summed E-state index contributed by atoms with van der Waals surface area (Å²) in [6, 6.07) is 11.5. The van der Waals surface area contributed by atoms with Crippen LogP contribution in [0.4, 0.5) is 5.69 Å². The zero-order valence-corrected chi connectivity index (χ0v) is 10.7. The Morgan fingerprint density at radius 2 is 2.00 bits per heavy atom. The van der Waals surface area contributed by atoms with Gasteiger partial charge in [-0.3, -0.25) is 9.69 Å². The Morgan fingerprint density at radius 1 is 1.39 bits per heavy atom. The molecule has 92 valence electrons. The fraction of sp³-hybridized carbons (Fsp3) is 0.333. The number of carbonyl (C=O) groups excluding carboxylic acids is 1. The number of hydrogen-bond donors (Lipinski definition) is 0. The van der Waals surface area contributed by atoms with Gasteiger partial charge in [0.2, 0.25) is 5.91 Å². The maximum Gasteiger partial charge on any atom is 0.249 e. The summed E-state index contributed by atoms with van der Waals surface area (Å²) >= 11 is 0. The third-order valence-corrected chi connectivity index (χ3v) is 3.37. The smallest absolute Gasteiger partial charge is 0.249 e. The first-order chi connectivity index (χ1) is 8.47. The third kappa shape index (κ3) is 1.91. The van der Waals surface area contributed by atoms with Gasteiger partial charge in [0.1, 0.15) is 5.92 Å². The Hall–Kier alpha value is -2.08. The van der Waals surface area contributed by atoms with Gasteiger partial charge >= 0.3 is 0 Å². The van der Waals surface area contributed by atoms with Crippen LogP contribution in [0.5, 0.6) is 0 Å². The van der Waals surface area contributed by atoms with Crippen molar-refractivity contribution in [3.8, 4) is 6.07 Å². The molecule has 0 saturated carbocycles. The molecule has 2 rings (SSSR count). The van der Waals surface area contributed by atoms with Crippen LogP contribution in [-0.4, -0.2) is 5.91 Å². The second kappa shape index (κ2) is 4.30. The van der Waals surface area contributed by atoms with Crippen LogP contribution in [0.25, 0.3) is 0 Å². The standard InChI is InChI=1S/C15H16N2O/c1-11-9-15(2,3)13(10-16)14(18)17(11)12-7-5-4-6-8-12/h4-8,13H,1,9H2,2-3H3/t13-/m1/s1. The molecule has 0 spiro atoms. The molecule has 18 heavy (non-hydrogen) atoms. The van der Waals surface area contributed by atoms with E-state index < -0.39 is 5.92 Å². The SMILES string of the molecule is C=C1CC(C)(C)[C@H](C#N)C(=O)N1c1ccccc1. The van der Waals surface area contributed by atoms with E-state index in [1.54, 1.807) is 4.90 Å². The highest BCUT2D eigenvalue weighted by Gasteiger charge is 2.44. The summed E-state index contributed by atoms with van der Waals surface area (Å²) in [7, 11) is 0. The highest BCUT2D eigenvalue weighted by Crippen LogP contribution is 2.42. The Morgan fingerprint density at radius 3 is 2.56 bits per heavy atom. The maximum absolute atomic E-state index is 12.4. The van der Waals surface area contributed by atoms with Crippen LogP contribution in [0, 0.1) is 22.7 Å². The van der Waals surface area contributed by atoms with E-state index in [0.717, 1.165) is 11.4 Å². The number of piperidine rings is 1. The van der Waals surface area contributed by atoms with Crippen molar-refractivity contribution in [3.05, 3.63) is 42.6 Å². The topological polar surface area (TPSA) is 44.1 Å². The molecule has 3 heteroatoms. The minimum atomic E-state index is -0.622. The molecule has 1 amide bonds. The van der Waals surface area contributed by atoms with Gasteiger partial charge in [-0.15, -0.1) is 0 Å². The van der Waals surface area contributed by atoms with Gasteiger partial charge in [0, 0.05) is 11.4 Å². The van der Waals surface area contributed by atoms with E-state index >= 15 is 0 Å². The molecule has 1 aromatic rings. The predicted molar refractivity (Wildman–Crippen MR) is 70.6 cm³/mol. The molecule has 0 unspecified atom stereocenters. The molecule has 0 bridgehead atoms. The predicted octanol–water partition coefficient (Wildman–Crippen LogP) is 3.10. The summed E-state index contributed by atoms with van der Waals surface area (Å²) in [6.45, 7) is 7.86. The van der Waals surface area contributed by atoms with Crippen molar-refractivity contribution >= 4 is 11.6 Å². The summed E-state index contributed by atoms with van der Waals surface area (Å²) in [5, 5.41) is 9.22. The van der Waals surface area contributed by atoms with E-state index in [2.05, 4.69) is 12.6 Å². The van der Waals surface area contributed by atoms with Gasteiger partial charge in [0.25, 0.3) is 0 Å². The molecule has 1 saturated heterocycles. The van der Waals surface area contributed by atoms with Crippen LogP contribution in [0.2, 0.25) is 0 Å². The Balaban J connectivity index is 2.43. The molecule has 3 nitrogen and oxygen atoms in total. The number of nitrogens with zero attached hydrogens (tertiary/aromatic N) is 2. The molecule has 0 radical (unpaired) electrons. The molecule has 0 N–H and O–H groups in total. The quantitative estimate of drug-likeness (QED) is 0.757. The van der Waals surface area contributed by atoms with Gasteiger partial charge in [-0.05, 0) is 24.0 Å². The van der Waals surface area contributed by atoms with E-state index in [1.807, 2.05) is 44.2 Å². The number of hydrogen-bond acceptors (Lipinski definition) is 2. The van der Waals surface area contributed by atoms with Gasteiger partial charge in [-0.25, -0.2) is 0 Å². The highest BCUT2D eigenvalue weighted by atomic mass is 16.2. The lowest BCUT2D eigenvalue weighted by molar-refractivity contribution is -0.124. The molecule has 1 heterocycles. The number of para-hydroxylation sites is 1. The van der Waals surface area contributed by atoms with Crippen molar-refractivity contribution < 1.29 is 4.79 Å². The highest BCUT2D eigenvalue weighted by molar-refractivity contribution is 6.00. The summed E-state index contributed by atoms with van der Waals surface area (Å²) < 4.78 is 0. The van der Waals surface area contributed by atoms with Crippen LogP contribution >= 0.6 is 0 Å². The average Bonchev–Trinajstić information content (AvgIpc) is 2.29. The number of amides is 1. The molecule has 1 fully saturated rings. The van der Waals surface area contributed by atoms with Crippen LogP contribution in [0.1, 0.15) is 20.3 Å². The fourth-order valence-corrected chi connectivity index (χ4v) is 2.44. The van der Waals surface area contributed by atoms with Gasteiger partial charge in [0.15, 0.2) is 0 Å². The fourth-order valence-electron chi connectivity index (χ4n) is 2.44. The molecule has 0 aromatic heterocycles. The lowest BCUT2D eigenvalue weighted by Crippen LogP contribution is -2.47. The van der Waals surface area contributed by atoms with Crippen molar-refractivity contribution in [1.82, 2.24) is 0 Å². The van der Waals surface area contributed by atoms with Gasteiger partial charge in [0.05, 0.1) is 6.07 Å². The second-order valence-electron chi connectivity index (χ2n) is 5.30. The van der Waals surface area contributed by atoms with Crippen molar-refractivity contribution in [3.63, 3.8) is 0 Å². The Labute approximate surface area is 107 Å². The first-order valence-corrected chi connectivity index (χ1v) is 5.94. The number of anilines is 1. The van der Waals surface area contributed by atoms with Gasteiger partial charge in [-0.2, -0.15) is 5.26 Å². The summed E-state index contributed by atoms with van der Waals surface area (Å²) in [4.78, 5) is 14.0. The van der Waals surface area contributed by atoms with Crippen LogP contribution in [-0.2, 0) is 4.79 Å². The largest absolute Gasteiger partial charge is 0.284 e. The number of rotatable bonds is 1. The van der Waals surface area contributed by atoms with Crippen molar-refractivity contribution in [2.45, 2.75) is 20.3 Å². The number of carbonyl (C=O) groups is 1. The van der Waals surface area contributed by atoms with Crippen molar-refractivity contribution in [2.75, 3.05) is 4.90 Å². The number of nitriles is 1. The number of allylic oxidation sites excluding steroid dienone is 1. The minimum Gasteiger partial charge on any atom is -0.284 e. The lowest BCUT2D eigenvalue weighted by Gasteiger charge is -2.41. The van der Waals surface area contributed by atoms with Gasteiger partial charge in [-0.1, -0.05) is 38.6 Å². The number of benzene rings is 1. The lowest BCUT2D eigenvalue weighted by atomic mass is 9.72. The van der Waals surface area contributed by atoms with E-state index in [-0.39, 0.29) is 11.3 Å². The zero-order chi connectivity index (χ0) is 13.3. The molecular formula is C15H16N2O. The van der Waals surface area contributed by atoms with Crippen molar-refractivity contribution in [1.29, 1.82) is 5.26 Å². The first kappa shape index (κ1) is 12.4. The monoisotopic (exact) mass is 240 g/mol. The van der Waals surface area contributed by atoms with Crippen LogP contribution < -0.4 is 4.90 Å². The molecular weight excluding hydrogens is 224 g/mol. The maximum atomic E-state index is 12.4. The normalized spacial score (nSPS) is 22.7. The van der Waals surface area contributed by atoms with Crippen molar-refractivity contribution in [2.24, 2.45) is 11.3 Å². The van der Waals surface area contributed by atoms with E-state index in [4.69, 9.17) is 0 Å². The van der Waals surface area contributed by atoms with Gasteiger partial charge < -0.3 is 0 Å². The zero-order valence-electron chi connectivity index (χ0n) is 10.7. The Bertz CT molecular complexity index is 525. The molecule has 1 aromatic carbocycles. The molecule has 1 atom stereocenters. The van der Waals surface area contributed by atoms with E-state index in [1.165, 1.54) is 0 Å². The summed E-state index contributed by atoms with van der Waals surface area (Å²) in [6.07, 6.45) is 0.645. The van der Waals surface area contributed by atoms with Crippen LogP contribution in [0.3, 0.4) is 0 Å². The third-order valence-electron chi connectivity index (χ3n) is 3.37. The molecule has 1 aliphatic heterocycles. The minimum absolute atomic E-state index is 0.176. The average molecular weight is 240 g/mol. The summed E-state index contributed by atoms with van der Waals surface area (Å²) in [5.74, 6) is -0.798. The Kier molecular flexibility index (Phi) is 2.96. The molecule has 1 aliphatic rings. The van der Waals surface area contributed by atoms with E-state index in [0.29, 0.717) is 6.42 Å². The summed E-state index contributed by atoms with van der Waals surface area (Å²) in [5.41, 5.74) is 1.18. The van der Waals surface area contributed by atoms with E-state index in [9.17, 15) is 10.1 Å². The second-order valence-corrected chi connectivity index (χ2v) is 5.30. The first-order valence-electron chi connectivity index (χ1n) is 5.94. The molecule has 0 aliphatic carbocycles. The van der Waals surface area contributed by atoms with Crippen LogP contribution in [0.15, 0.2) is 42.6 Å².